The number of benzene rings is 1. The fourth-order valence-corrected chi connectivity index (χ4v) is 4.66. The molecule has 4 rings (SSSR count). The highest BCUT2D eigenvalue weighted by Gasteiger charge is 2.43. The maximum Gasteiger partial charge on any atom is 0.191 e. The van der Waals surface area contributed by atoms with Gasteiger partial charge in [0, 0.05) is 23.9 Å². The highest BCUT2D eigenvalue weighted by molar-refractivity contribution is 14.0. The molecule has 4 nitrogen and oxygen atoms in total. The van der Waals surface area contributed by atoms with Gasteiger partial charge in [0.1, 0.15) is 11.4 Å². The third-order valence-electron chi connectivity index (χ3n) is 5.26. The van der Waals surface area contributed by atoms with Crippen molar-refractivity contribution in [1.82, 2.24) is 10.6 Å². The summed E-state index contributed by atoms with van der Waals surface area (Å²) in [5, 5.41) is 9.18. The molecule has 1 atom stereocenters. The number of rotatable bonds is 3. The lowest BCUT2D eigenvalue weighted by Crippen LogP contribution is -2.46. The second-order valence-corrected chi connectivity index (χ2v) is 7.97. The number of ether oxygens (including phenoxy) is 1. The number of thiophene rings is 1. The van der Waals surface area contributed by atoms with Crippen molar-refractivity contribution in [3.63, 3.8) is 0 Å². The van der Waals surface area contributed by atoms with E-state index in [1.165, 1.54) is 23.3 Å². The van der Waals surface area contributed by atoms with E-state index < -0.39 is 0 Å². The summed E-state index contributed by atoms with van der Waals surface area (Å²) in [6.07, 6.45) is 5.84. The molecule has 6 heteroatoms. The van der Waals surface area contributed by atoms with E-state index in [4.69, 9.17) is 4.74 Å². The summed E-state index contributed by atoms with van der Waals surface area (Å²) in [6.45, 7) is 0.799. The summed E-state index contributed by atoms with van der Waals surface area (Å²) in [4.78, 5) is 5.74. The van der Waals surface area contributed by atoms with Gasteiger partial charge in [0.15, 0.2) is 5.96 Å². The highest BCUT2D eigenvalue weighted by Crippen LogP contribution is 2.46. The molecule has 2 N–H and O–H groups in total. The first-order valence-corrected chi connectivity index (χ1v) is 9.93. The van der Waals surface area contributed by atoms with Crippen LogP contribution in [0, 0.1) is 0 Å². The van der Waals surface area contributed by atoms with Crippen LogP contribution in [-0.4, -0.2) is 18.6 Å². The Balaban J connectivity index is 0.00000196. The molecule has 0 bridgehead atoms. The van der Waals surface area contributed by atoms with E-state index in [0.717, 1.165) is 37.5 Å². The molecule has 140 valence electrons. The van der Waals surface area contributed by atoms with Crippen molar-refractivity contribution in [2.75, 3.05) is 7.05 Å². The molecule has 1 saturated carbocycles. The maximum absolute atomic E-state index is 6.45. The molecule has 26 heavy (non-hydrogen) atoms. The maximum atomic E-state index is 6.45. The summed E-state index contributed by atoms with van der Waals surface area (Å²) in [5.74, 6) is 1.88. The van der Waals surface area contributed by atoms with E-state index in [-0.39, 0.29) is 35.6 Å². The number of fused-ring (bicyclic) bond motifs is 1. The largest absolute Gasteiger partial charge is 0.487 e. The average molecular weight is 483 g/mol. The van der Waals surface area contributed by atoms with Crippen LogP contribution in [0.1, 0.15) is 48.6 Å². The molecule has 0 radical (unpaired) electrons. The minimum absolute atomic E-state index is 0. The Morgan fingerprint density at radius 2 is 2.04 bits per heavy atom. The van der Waals surface area contributed by atoms with Crippen molar-refractivity contribution in [2.24, 2.45) is 4.99 Å². The number of hydrogen-bond acceptors (Lipinski definition) is 3. The van der Waals surface area contributed by atoms with Crippen molar-refractivity contribution in [2.45, 2.75) is 50.3 Å². The van der Waals surface area contributed by atoms with E-state index >= 15 is 0 Å². The van der Waals surface area contributed by atoms with Gasteiger partial charge in [0.25, 0.3) is 0 Å². The summed E-state index contributed by atoms with van der Waals surface area (Å²) >= 11 is 1.76. The van der Waals surface area contributed by atoms with Gasteiger partial charge < -0.3 is 15.4 Å². The Labute approximate surface area is 176 Å². The van der Waals surface area contributed by atoms with Gasteiger partial charge in [-0.3, -0.25) is 4.99 Å². The Bertz CT molecular complexity index is 741. The summed E-state index contributed by atoms with van der Waals surface area (Å²) in [7, 11) is 1.83. The van der Waals surface area contributed by atoms with Gasteiger partial charge >= 0.3 is 0 Å². The standard InChI is InChI=1S/C20H25N3OS.HI/c1-21-19(22-14-15-7-6-12-25-15)23-17-13-20(10-4-5-11-20)24-18-9-3-2-8-16(17)18;/h2-3,6-9,12,17H,4-5,10-11,13-14H2,1H3,(H2,21,22,23);1H. The molecule has 0 saturated heterocycles. The zero-order valence-corrected chi connectivity index (χ0v) is 18.2. The zero-order chi connectivity index (χ0) is 17.1. The predicted molar refractivity (Wildman–Crippen MR) is 119 cm³/mol. The van der Waals surface area contributed by atoms with E-state index in [2.05, 4.69) is 57.4 Å². The van der Waals surface area contributed by atoms with Crippen molar-refractivity contribution >= 4 is 41.3 Å². The van der Waals surface area contributed by atoms with E-state index in [1.807, 2.05) is 7.05 Å². The fourth-order valence-electron chi connectivity index (χ4n) is 4.02. The number of nitrogens with one attached hydrogen (secondary N) is 2. The first-order valence-electron chi connectivity index (χ1n) is 9.05. The van der Waals surface area contributed by atoms with Crippen molar-refractivity contribution < 1.29 is 4.74 Å². The van der Waals surface area contributed by atoms with Gasteiger partial charge in [0.2, 0.25) is 0 Å². The number of hydrogen-bond donors (Lipinski definition) is 2. The van der Waals surface area contributed by atoms with E-state index in [9.17, 15) is 0 Å². The van der Waals surface area contributed by atoms with Crippen molar-refractivity contribution in [3.8, 4) is 5.75 Å². The fraction of sp³-hybridized carbons (Fsp3) is 0.450. The second-order valence-electron chi connectivity index (χ2n) is 6.94. The molecule has 1 spiro atoms. The number of aliphatic imine (C=N–C) groups is 1. The molecular formula is C20H26IN3OS. The van der Waals surface area contributed by atoms with E-state index in [0.29, 0.717) is 0 Å². The molecule has 1 aromatic heterocycles. The minimum Gasteiger partial charge on any atom is -0.487 e. The van der Waals surface area contributed by atoms with Gasteiger partial charge in [-0.2, -0.15) is 0 Å². The van der Waals surface area contributed by atoms with Crippen LogP contribution in [0.5, 0.6) is 5.75 Å². The van der Waals surface area contributed by atoms with Gasteiger partial charge in [-0.05, 0) is 43.2 Å². The Hall–Kier alpha value is -1.28. The van der Waals surface area contributed by atoms with Crippen LogP contribution >= 0.6 is 35.3 Å². The van der Waals surface area contributed by atoms with Crippen LogP contribution in [0.25, 0.3) is 0 Å². The Morgan fingerprint density at radius 1 is 1.23 bits per heavy atom. The van der Waals surface area contributed by atoms with Crippen molar-refractivity contribution in [3.05, 3.63) is 52.2 Å². The number of nitrogens with zero attached hydrogens (tertiary/aromatic N) is 1. The normalized spacial score (nSPS) is 20.8. The van der Waals surface area contributed by atoms with Crippen molar-refractivity contribution in [1.29, 1.82) is 0 Å². The lowest BCUT2D eigenvalue weighted by molar-refractivity contribution is 0.0396. The SMILES string of the molecule is CN=C(NCc1cccs1)NC1CC2(CCCC2)Oc2ccccc21.I. The highest BCUT2D eigenvalue weighted by atomic mass is 127. The quantitative estimate of drug-likeness (QED) is 0.372. The molecule has 1 aliphatic carbocycles. The molecule has 1 aromatic carbocycles. The smallest absolute Gasteiger partial charge is 0.191 e. The molecule has 1 fully saturated rings. The zero-order valence-electron chi connectivity index (χ0n) is 15.0. The molecule has 0 amide bonds. The van der Waals surface area contributed by atoms with Gasteiger partial charge in [-0.1, -0.05) is 24.3 Å². The Morgan fingerprint density at radius 3 is 2.77 bits per heavy atom. The first-order chi connectivity index (χ1) is 12.3. The average Bonchev–Trinajstić information content (AvgIpc) is 3.31. The van der Waals surface area contributed by atoms with Crippen LogP contribution in [-0.2, 0) is 6.54 Å². The predicted octanol–water partition coefficient (Wildman–Crippen LogP) is 4.87. The van der Waals surface area contributed by atoms with E-state index in [1.54, 1.807) is 11.3 Å². The van der Waals surface area contributed by atoms with Gasteiger partial charge in [0.05, 0.1) is 12.6 Å². The number of halogens is 1. The first kappa shape index (κ1) is 19.5. The molecule has 1 aliphatic heterocycles. The monoisotopic (exact) mass is 483 g/mol. The topological polar surface area (TPSA) is 45.7 Å². The number of para-hydroxylation sites is 1. The van der Waals surface area contributed by atoms with Crippen LogP contribution in [0.3, 0.4) is 0 Å². The molecule has 1 unspecified atom stereocenters. The third-order valence-corrected chi connectivity index (χ3v) is 6.13. The van der Waals surface area contributed by atoms with Gasteiger partial charge in [-0.15, -0.1) is 35.3 Å². The summed E-state index contributed by atoms with van der Waals surface area (Å²) < 4.78 is 6.45. The number of guanidine groups is 1. The summed E-state index contributed by atoms with van der Waals surface area (Å²) in [6, 6.07) is 12.9. The van der Waals surface area contributed by atoms with Gasteiger partial charge in [-0.25, -0.2) is 0 Å². The lowest BCUT2D eigenvalue weighted by atomic mass is 9.86. The van der Waals surface area contributed by atoms with Crippen LogP contribution in [0.15, 0.2) is 46.8 Å². The lowest BCUT2D eigenvalue weighted by Gasteiger charge is -2.40. The second kappa shape index (κ2) is 8.61. The van der Waals surface area contributed by atoms with Crippen LogP contribution in [0.4, 0.5) is 0 Å². The summed E-state index contributed by atoms with van der Waals surface area (Å²) in [5.41, 5.74) is 1.23. The molecular weight excluding hydrogens is 457 g/mol. The molecule has 2 aliphatic rings. The Kier molecular flexibility index (Phi) is 6.45. The third kappa shape index (κ3) is 4.17. The van der Waals surface area contributed by atoms with Crippen LogP contribution < -0.4 is 15.4 Å². The minimum atomic E-state index is -0.00137. The van der Waals surface area contributed by atoms with Crippen LogP contribution in [0.2, 0.25) is 0 Å². The molecule has 2 heterocycles. The molecule has 2 aromatic rings.